The van der Waals surface area contributed by atoms with Crippen LogP contribution in [0.5, 0.6) is 0 Å². The van der Waals surface area contributed by atoms with Crippen molar-refractivity contribution >= 4 is 10.0 Å². The van der Waals surface area contributed by atoms with Crippen LogP contribution < -0.4 is 4.72 Å². The molecule has 0 aliphatic heterocycles. The molecule has 0 fully saturated rings. The highest BCUT2D eigenvalue weighted by atomic mass is 32.2. The summed E-state index contributed by atoms with van der Waals surface area (Å²) in [6.45, 7) is 3.70. The van der Waals surface area contributed by atoms with Crippen molar-refractivity contribution in [2.45, 2.75) is 24.8 Å². The highest BCUT2D eigenvalue weighted by Crippen LogP contribution is 2.25. The molecule has 2 rings (SSSR count). The minimum Gasteiger partial charge on any atom is -0.207 e. The molecule has 2 atom stereocenters. The van der Waals surface area contributed by atoms with Crippen LogP contribution in [0.25, 0.3) is 0 Å². The fourth-order valence-electron chi connectivity index (χ4n) is 2.40. The van der Waals surface area contributed by atoms with Gasteiger partial charge in [0.1, 0.15) is 0 Å². The molecule has 0 saturated carbocycles. The molecule has 2 unspecified atom stereocenters. The predicted octanol–water partition coefficient (Wildman–Crippen LogP) is 3.73. The summed E-state index contributed by atoms with van der Waals surface area (Å²) in [5.74, 6) is -0.599. The number of nitriles is 1. The maximum absolute atomic E-state index is 12.7. The third-order valence-corrected chi connectivity index (χ3v) is 5.14. The molecule has 0 spiro atoms. The van der Waals surface area contributed by atoms with Gasteiger partial charge in [-0.3, -0.25) is 0 Å². The summed E-state index contributed by atoms with van der Waals surface area (Å²) in [6, 6.07) is 17.3. The second kappa shape index (κ2) is 7.91. The van der Waals surface area contributed by atoms with Crippen LogP contribution in [0.15, 0.2) is 71.6 Å². The van der Waals surface area contributed by atoms with E-state index in [1.54, 1.807) is 43.3 Å². The van der Waals surface area contributed by atoms with Gasteiger partial charge in [-0.2, -0.15) is 5.26 Å². The molecule has 1 N–H and O–H groups in total. The van der Waals surface area contributed by atoms with Gasteiger partial charge < -0.3 is 0 Å². The second-order valence-electron chi connectivity index (χ2n) is 5.50. The Morgan fingerprint density at radius 3 is 2.25 bits per heavy atom. The lowest BCUT2D eigenvalue weighted by molar-refractivity contribution is 0.527. The molecule has 0 aliphatic rings. The highest BCUT2D eigenvalue weighted by molar-refractivity contribution is 7.89. The maximum Gasteiger partial charge on any atom is 0.241 e. The van der Waals surface area contributed by atoms with Crippen molar-refractivity contribution in [2.75, 3.05) is 0 Å². The quantitative estimate of drug-likeness (QED) is 0.815. The molecule has 2 aromatic carbocycles. The zero-order chi connectivity index (χ0) is 17.6. The van der Waals surface area contributed by atoms with Gasteiger partial charge in [-0.1, -0.05) is 60.2 Å². The van der Waals surface area contributed by atoms with Crippen molar-refractivity contribution < 1.29 is 8.42 Å². The van der Waals surface area contributed by atoms with Gasteiger partial charge in [0.25, 0.3) is 0 Å². The lowest BCUT2D eigenvalue weighted by Gasteiger charge is -2.22. The molecule has 24 heavy (non-hydrogen) atoms. The molecule has 0 aromatic heterocycles. The van der Waals surface area contributed by atoms with Gasteiger partial charge in [0, 0.05) is 0 Å². The Morgan fingerprint density at radius 2 is 1.71 bits per heavy atom. The lowest BCUT2D eigenvalue weighted by atomic mass is 9.94. The van der Waals surface area contributed by atoms with Crippen LogP contribution in [0.2, 0.25) is 0 Å². The smallest absolute Gasteiger partial charge is 0.207 e. The minimum atomic E-state index is -3.73. The van der Waals surface area contributed by atoms with Gasteiger partial charge in [0.05, 0.1) is 22.9 Å². The Bertz CT molecular complexity index is 835. The van der Waals surface area contributed by atoms with Crippen molar-refractivity contribution in [2.24, 2.45) is 5.92 Å². The average Bonchev–Trinajstić information content (AvgIpc) is 2.59. The van der Waals surface area contributed by atoms with Gasteiger partial charge >= 0.3 is 0 Å². The van der Waals surface area contributed by atoms with Crippen molar-refractivity contribution in [1.82, 2.24) is 4.72 Å². The standard InChI is InChI=1S/C19H20N2O2S/c1-3-7-17(14-20)19(16-8-5-4-6-9-16)21-24(22,23)18-12-10-15(2)11-13-18/h3-13,17,19,21H,1-2H3/b7-3+. The SMILES string of the molecule is C/C=C/C(C#N)C(NS(=O)(=O)c1ccc(C)cc1)c1ccccc1. The van der Waals surface area contributed by atoms with E-state index < -0.39 is 22.0 Å². The molecular weight excluding hydrogens is 320 g/mol. The molecule has 2 aromatic rings. The zero-order valence-electron chi connectivity index (χ0n) is 13.7. The zero-order valence-corrected chi connectivity index (χ0v) is 14.5. The largest absolute Gasteiger partial charge is 0.241 e. The number of allylic oxidation sites excluding steroid dienone is 1. The molecule has 0 bridgehead atoms. The summed E-state index contributed by atoms with van der Waals surface area (Å²) in [5.41, 5.74) is 1.73. The van der Waals surface area contributed by atoms with Gasteiger partial charge in [-0.05, 0) is 31.5 Å². The number of sulfonamides is 1. The molecule has 4 nitrogen and oxygen atoms in total. The summed E-state index contributed by atoms with van der Waals surface area (Å²) in [7, 11) is -3.73. The van der Waals surface area contributed by atoms with Gasteiger partial charge in [0.15, 0.2) is 0 Å². The first kappa shape index (κ1) is 17.9. The summed E-state index contributed by atoms with van der Waals surface area (Å²) >= 11 is 0. The summed E-state index contributed by atoms with van der Waals surface area (Å²) in [5, 5.41) is 9.46. The number of hydrogen-bond acceptors (Lipinski definition) is 3. The van der Waals surface area contributed by atoms with E-state index in [1.165, 1.54) is 0 Å². The van der Waals surface area contributed by atoms with E-state index in [1.807, 2.05) is 37.3 Å². The van der Waals surface area contributed by atoms with Crippen molar-refractivity contribution in [3.8, 4) is 6.07 Å². The number of nitrogens with one attached hydrogen (secondary N) is 1. The van der Waals surface area contributed by atoms with Crippen molar-refractivity contribution in [1.29, 1.82) is 5.26 Å². The van der Waals surface area contributed by atoms with E-state index in [0.29, 0.717) is 0 Å². The first-order chi connectivity index (χ1) is 11.5. The van der Waals surface area contributed by atoms with Crippen LogP contribution in [0, 0.1) is 24.2 Å². The summed E-state index contributed by atoms with van der Waals surface area (Å²) in [4.78, 5) is 0.186. The lowest BCUT2D eigenvalue weighted by Crippen LogP contribution is -2.32. The van der Waals surface area contributed by atoms with E-state index in [0.717, 1.165) is 11.1 Å². The maximum atomic E-state index is 12.7. The number of hydrogen-bond donors (Lipinski definition) is 1. The van der Waals surface area contributed by atoms with E-state index in [4.69, 9.17) is 0 Å². The minimum absolute atomic E-state index is 0.186. The van der Waals surface area contributed by atoms with Crippen molar-refractivity contribution in [3.63, 3.8) is 0 Å². The van der Waals surface area contributed by atoms with Crippen LogP contribution in [0.1, 0.15) is 24.1 Å². The Hall–Kier alpha value is -2.42. The Morgan fingerprint density at radius 1 is 1.08 bits per heavy atom. The van der Waals surface area contributed by atoms with Gasteiger partial charge in [-0.15, -0.1) is 0 Å². The average molecular weight is 340 g/mol. The number of nitrogens with zero attached hydrogens (tertiary/aromatic N) is 1. The van der Waals surface area contributed by atoms with E-state index in [2.05, 4.69) is 10.8 Å². The predicted molar refractivity (Wildman–Crippen MR) is 94.6 cm³/mol. The monoisotopic (exact) mass is 340 g/mol. The molecule has 0 amide bonds. The van der Waals surface area contributed by atoms with Crippen molar-refractivity contribution in [3.05, 3.63) is 77.9 Å². The fourth-order valence-corrected chi connectivity index (χ4v) is 3.65. The topological polar surface area (TPSA) is 70.0 Å². The first-order valence-corrected chi connectivity index (χ1v) is 9.12. The molecule has 124 valence electrons. The number of rotatable bonds is 6. The third kappa shape index (κ3) is 4.31. The van der Waals surface area contributed by atoms with Gasteiger partial charge in [-0.25, -0.2) is 13.1 Å². The molecular formula is C19H20N2O2S. The van der Waals surface area contributed by atoms with E-state index in [9.17, 15) is 13.7 Å². The normalized spacial score (nSPS) is 14.2. The number of aryl methyl sites for hydroxylation is 1. The molecule has 0 aliphatic carbocycles. The fraction of sp³-hybridized carbons (Fsp3) is 0.211. The molecule has 0 heterocycles. The third-order valence-electron chi connectivity index (χ3n) is 3.68. The summed E-state index contributed by atoms with van der Waals surface area (Å²) in [6.07, 6.45) is 3.46. The van der Waals surface area contributed by atoms with E-state index in [-0.39, 0.29) is 4.90 Å². The Balaban J connectivity index is 2.41. The highest BCUT2D eigenvalue weighted by Gasteiger charge is 2.27. The van der Waals surface area contributed by atoms with Crippen LogP contribution in [-0.2, 0) is 10.0 Å². The number of benzene rings is 2. The van der Waals surface area contributed by atoms with Crippen LogP contribution in [-0.4, -0.2) is 8.42 Å². The van der Waals surface area contributed by atoms with Crippen LogP contribution in [0.4, 0.5) is 0 Å². The van der Waals surface area contributed by atoms with Crippen LogP contribution >= 0.6 is 0 Å². The second-order valence-corrected chi connectivity index (χ2v) is 7.22. The Labute approximate surface area is 143 Å². The molecule has 5 heteroatoms. The first-order valence-electron chi connectivity index (χ1n) is 7.64. The van der Waals surface area contributed by atoms with E-state index >= 15 is 0 Å². The van der Waals surface area contributed by atoms with Gasteiger partial charge in [0.2, 0.25) is 10.0 Å². The molecule has 0 saturated heterocycles. The molecule has 0 radical (unpaired) electrons. The summed E-state index contributed by atoms with van der Waals surface area (Å²) < 4.78 is 28.1. The Kier molecular flexibility index (Phi) is 5.91. The van der Waals surface area contributed by atoms with Crippen LogP contribution in [0.3, 0.4) is 0 Å².